The van der Waals surface area contributed by atoms with Gasteiger partial charge in [0.2, 0.25) is 0 Å². The van der Waals surface area contributed by atoms with Crippen molar-refractivity contribution in [2.24, 2.45) is 0 Å². The van der Waals surface area contributed by atoms with Gasteiger partial charge in [-0.2, -0.15) is 0 Å². The van der Waals surface area contributed by atoms with Crippen LogP contribution in [0, 0.1) is 0 Å². The fourth-order valence-electron chi connectivity index (χ4n) is 7.46. The highest BCUT2D eigenvalue weighted by Gasteiger charge is 2.20. The summed E-state index contributed by atoms with van der Waals surface area (Å²) >= 11 is 1.74. The normalized spacial score (nSPS) is 11.3. The first-order chi connectivity index (χ1) is 27.2. The van der Waals surface area contributed by atoms with Gasteiger partial charge in [-0.15, -0.1) is 11.3 Å². The molecule has 0 bridgehead atoms. The second-order valence-electron chi connectivity index (χ2n) is 13.6. The molecule has 0 unspecified atom stereocenters. The second kappa shape index (κ2) is 14.1. The Balaban J connectivity index is 1.13. The van der Waals surface area contributed by atoms with E-state index in [1.807, 2.05) is 12.1 Å². The quantitative estimate of drug-likeness (QED) is 0.165. The van der Waals surface area contributed by atoms with Crippen molar-refractivity contribution in [3.8, 4) is 77.9 Å². The van der Waals surface area contributed by atoms with E-state index >= 15 is 0 Å². The standard InChI is InChI=1S/C51H33N3S/c1-4-15-34(16-5-1)38-22-14-23-40(31-38)51-54-45-30-28-39(32-48(45)55-51)42-29-27-35-17-10-11-24-41(35)49(42)43-25-12-13-26-44(43)50-52-46(36-18-6-2-7-19-36)33-47(53-50)37-20-8-3-9-21-37/h1-33H. The molecular weight excluding hydrogens is 687 g/mol. The third-order valence-electron chi connectivity index (χ3n) is 10.1. The molecule has 0 aliphatic rings. The molecule has 0 amide bonds. The molecule has 0 aliphatic heterocycles. The molecule has 0 spiro atoms. The zero-order valence-electron chi connectivity index (χ0n) is 29.8. The zero-order valence-corrected chi connectivity index (χ0v) is 30.6. The Hall–Kier alpha value is -7.01. The SMILES string of the molecule is c1ccc(-c2cccc(-c3nc4ccc(-c5ccc6ccccc6c5-c5ccccc5-c5nc(-c6ccccc6)cc(-c6ccccc6)n5)cc4s3)c2)cc1. The second-order valence-corrected chi connectivity index (χ2v) is 14.6. The van der Waals surface area contributed by atoms with E-state index in [0.29, 0.717) is 5.82 Å². The summed E-state index contributed by atoms with van der Waals surface area (Å²) in [6.45, 7) is 0. The minimum atomic E-state index is 0.690. The lowest BCUT2D eigenvalue weighted by Crippen LogP contribution is -1.98. The maximum absolute atomic E-state index is 5.25. The third-order valence-corrected chi connectivity index (χ3v) is 11.2. The molecule has 4 heteroatoms. The van der Waals surface area contributed by atoms with Crippen LogP contribution < -0.4 is 0 Å². The average molecular weight is 720 g/mol. The van der Waals surface area contributed by atoms with Gasteiger partial charge in [-0.1, -0.05) is 176 Å². The van der Waals surface area contributed by atoms with Crippen LogP contribution in [0.5, 0.6) is 0 Å². The molecule has 0 atom stereocenters. The molecule has 55 heavy (non-hydrogen) atoms. The van der Waals surface area contributed by atoms with Crippen LogP contribution in [-0.4, -0.2) is 15.0 Å². The van der Waals surface area contributed by atoms with Gasteiger partial charge in [0, 0.05) is 22.3 Å². The number of hydrogen-bond acceptors (Lipinski definition) is 4. The Morgan fingerprint density at radius 3 is 1.67 bits per heavy atom. The van der Waals surface area contributed by atoms with Crippen LogP contribution in [0.25, 0.3) is 98.8 Å². The lowest BCUT2D eigenvalue weighted by atomic mass is 9.87. The van der Waals surface area contributed by atoms with E-state index in [9.17, 15) is 0 Å². The van der Waals surface area contributed by atoms with E-state index in [4.69, 9.17) is 15.0 Å². The van der Waals surface area contributed by atoms with Crippen molar-refractivity contribution >= 4 is 32.3 Å². The molecule has 0 fully saturated rings. The van der Waals surface area contributed by atoms with Crippen LogP contribution in [-0.2, 0) is 0 Å². The highest BCUT2D eigenvalue weighted by atomic mass is 32.1. The number of benzene rings is 8. The highest BCUT2D eigenvalue weighted by molar-refractivity contribution is 7.21. The van der Waals surface area contributed by atoms with Crippen LogP contribution in [0.3, 0.4) is 0 Å². The maximum Gasteiger partial charge on any atom is 0.161 e. The molecule has 0 aliphatic carbocycles. The molecule has 8 aromatic carbocycles. The van der Waals surface area contributed by atoms with Gasteiger partial charge in [-0.3, -0.25) is 0 Å². The summed E-state index contributed by atoms with van der Waals surface area (Å²) in [4.78, 5) is 15.6. The van der Waals surface area contributed by atoms with Gasteiger partial charge < -0.3 is 0 Å². The molecule has 0 saturated heterocycles. The lowest BCUT2D eigenvalue weighted by Gasteiger charge is -2.18. The molecule has 3 nitrogen and oxygen atoms in total. The molecule has 0 radical (unpaired) electrons. The van der Waals surface area contributed by atoms with Gasteiger partial charge in [-0.25, -0.2) is 15.0 Å². The smallest absolute Gasteiger partial charge is 0.161 e. The molecule has 2 heterocycles. The van der Waals surface area contributed by atoms with Crippen LogP contribution in [0.4, 0.5) is 0 Å². The highest BCUT2D eigenvalue weighted by Crippen LogP contribution is 2.44. The Morgan fingerprint density at radius 2 is 0.945 bits per heavy atom. The van der Waals surface area contributed by atoms with E-state index in [2.05, 4.69) is 188 Å². The number of rotatable bonds is 7. The van der Waals surface area contributed by atoms with Gasteiger partial charge in [-0.05, 0) is 68.4 Å². The lowest BCUT2D eigenvalue weighted by molar-refractivity contribution is 1.18. The predicted octanol–water partition coefficient (Wildman–Crippen LogP) is 13.9. The topological polar surface area (TPSA) is 38.7 Å². The fourth-order valence-corrected chi connectivity index (χ4v) is 8.46. The largest absolute Gasteiger partial charge is 0.236 e. The number of thiazole rings is 1. The molecular formula is C51H33N3S. The Bertz CT molecular complexity index is 2910. The van der Waals surface area contributed by atoms with Crippen molar-refractivity contribution in [1.82, 2.24) is 15.0 Å². The summed E-state index contributed by atoms with van der Waals surface area (Å²) < 4.78 is 1.15. The van der Waals surface area contributed by atoms with Crippen LogP contribution in [0.1, 0.15) is 0 Å². The minimum absolute atomic E-state index is 0.690. The first-order valence-electron chi connectivity index (χ1n) is 18.4. The number of fused-ring (bicyclic) bond motifs is 2. The Labute approximate surface area is 323 Å². The van der Waals surface area contributed by atoms with Crippen molar-refractivity contribution in [2.45, 2.75) is 0 Å². The third kappa shape index (κ3) is 6.29. The monoisotopic (exact) mass is 719 g/mol. The van der Waals surface area contributed by atoms with E-state index in [-0.39, 0.29) is 0 Å². The molecule has 2 aromatic heterocycles. The van der Waals surface area contributed by atoms with Crippen molar-refractivity contribution in [3.63, 3.8) is 0 Å². The maximum atomic E-state index is 5.25. The average Bonchev–Trinajstić information content (AvgIpc) is 3.71. The van der Waals surface area contributed by atoms with Gasteiger partial charge in [0.1, 0.15) is 5.01 Å². The van der Waals surface area contributed by atoms with Crippen LogP contribution >= 0.6 is 11.3 Å². The minimum Gasteiger partial charge on any atom is -0.236 e. The van der Waals surface area contributed by atoms with Crippen molar-refractivity contribution in [2.75, 3.05) is 0 Å². The molecule has 0 saturated carbocycles. The van der Waals surface area contributed by atoms with Crippen LogP contribution in [0.2, 0.25) is 0 Å². The van der Waals surface area contributed by atoms with Crippen LogP contribution in [0.15, 0.2) is 200 Å². The predicted molar refractivity (Wildman–Crippen MR) is 231 cm³/mol. The summed E-state index contributed by atoms with van der Waals surface area (Å²) in [5.41, 5.74) is 13.9. The molecule has 258 valence electrons. The summed E-state index contributed by atoms with van der Waals surface area (Å²) in [5, 5.41) is 3.37. The first kappa shape index (κ1) is 32.6. The Kier molecular flexibility index (Phi) is 8.36. The van der Waals surface area contributed by atoms with E-state index in [0.717, 1.165) is 71.1 Å². The van der Waals surface area contributed by atoms with E-state index < -0.39 is 0 Å². The van der Waals surface area contributed by atoms with E-state index in [1.165, 1.54) is 21.9 Å². The number of aromatic nitrogens is 3. The van der Waals surface area contributed by atoms with Gasteiger partial charge in [0.25, 0.3) is 0 Å². The van der Waals surface area contributed by atoms with Crippen molar-refractivity contribution in [3.05, 3.63) is 200 Å². The van der Waals surface area contributed by atoms with E-state index in [1.54, 1.807) is 11.3 Å². The Morgan fingerprint density at radius 1 is 0.345 bits per heavy atom. The number of hydrogen-bond donors (Lipinski definition) is 0. The molecule has 0 N–H and O–H groups in total. The van der Waals surface area contributed by atoms with Crippen molar-refractivity contribution in [1.29, 1.82) is 0 Å². The molecule has 10 rings (SSSR count). The van der Waals surface area contributed by atoms with Gasteiger partial charge in [0.15, 0.2) is 5.82 Å². The summed E-state index contributed by atoms with van der Waals surface area (Å²) in [6, 6.07) is 70.4. The molecule has 10 aromatic rings. The first-order valence-corrected chi connectivity index (χ1v) is 19.3. The summed E-state index contributed by atoms with van der Waals surface area (Å²) in [5.74, 6) is 0.690. The van der Waals surface area contributed by atoms with Crippen molar-refractivity contribution < 1.29 is 0 Å². The fraction of sp³-hybridized carbons (Fsp3) is 0. The summed E-state index contributed by atoms with van der Waals surface area (Å²) in [6.07, 6.45) is 0. The summed E-state index contributed by atoms with van der Waals surface area (Å²) in [7, 11) is 0. The number of nitrogens with zero attached hydrogens (tertiary/aromatic N) is 3. The van der Waals surface area contributed by atoms with Gasteiger partial charge >= 0.3 is 0 Å². The van der Waals surface area contributed by atoms with Gasteiger partial charge in [0.05, 0.1) is 21.6 Å². The zero-order chi connectivity index (χ0) is 36.6.